The molecule has 1 aliphatic heterocycles. The Balaban J connectivity index is 1.99. The van der Waals surface area contributed by atoms with Gasteiger partial charge in [-0.2, -0.15) is 0 Å². The Bertz CT molecular complexity index is 550. The lowest BCUT2D eigenvalue weighted by Gasteiger charge is -2.36. The minimum absolute atomic E-state index is 0.582. The van der Waals surface area contributed by atoms with Gasteiger partial charge in [0.2, 0.25) is 0 Å². The van der Waals surface area contributed by atoms with Gasteiger partial charge in [0.25, 0.3) is 0 Å². The maximum Gasteiger partial charge on any atom is 0.0722 e. The molecular weight excluding hydrogens is 288 g/mol. The number of piperidine rings is 1. The van der Waals surface area contributed by atoms with Crippen LogP contribution in [-0.2, 0) is 0 Å². The first kappa shape index (κ1) is 12.0. The van der Waals surface area contributed by atoms with Gasteiger partial charge in [0, 0.05) is 35.2 Å². The fourth-order valence-electron chi connectivity index (χ4n) is 2.60. The fourth-order valence-corrected chi connectivity index (χ4v) is 3.21. The van der Waals surface area contributed by atoms with Gasteiger partial charge in [0.15, 0.2) is 0 Å². The van der Waals surface area contributed by atoms with Crippen molar-refractivity contribution in [3.05, 3.63) is 36.5 Å². The highest BCUT2D eigenvalue weighted by Gasteiger charge is 2.24. The normalized spacial score (nSPS) is 24.4. The topological polar surface area (TPSA) is 16.1 Å². The third-order valence-corrected chi connectivity index (χ3v) is 5.03. The lowest BCUT2D eigenvalue weighted by atomic mass is 9.98. The van der Waals surface area contributed by atoms with Crippen LogP contribution >= 0.6 is 15.9 Å². The molecule has 1 aromatic heterocycles. The van der Waals surface area contributed by atoms with Crippen LogP contribution in [0.25, 0.3) is 10.9 Å². The smallest absolute Gasteiger partial charge is 0.0722 e. The van der Waals surface area contributed by atoms with E-state index in [1.165, 1.54) is 17.5 Å². The average Bonchev–Trinajstić information content (AvgIpc) is 2.41. The molecule has 3 rings (SSSR count). The lowest BCUT2D eigenvalue weighted by Crippen LogP contribution is -2.40. The number of halogens is 1. The molecule has 0 bridgehead atoms. The van der Waals surface area contributed by atoms with Gasteiger partial charge in [-0.25, -0.2) is 0 Å². The molecule has 0 aliphatic carbocycles. The summed E-state index contributed by atoms with van der Waals surface area (Å²) in [7, 11) is 0. The summed E-state index contributed by atoms with van der Waals surface area (Å²) in [6.45, 7) is 4.54. The zero-order valence-corrected chi connectivity index (χ0v) is 12.1. The second-order valence-electron chi connectivity index (χ2n) is 5.08. The Morgan fingerprint density at radius 1 is 1.28 bits per heavy atom. The Morgan fingerprint density at radius 2 is 2.11 bits per heavy atom. The van der Waals surface area contributed by atoms with E-state index in [9.17, 15) is 0 Å². The van der Waals surface area contributed by atoms with Crippen molar-refractivity contribution in [1.82, 2.24) is 4.98 Å². The molecule has 1 aliphatic rings. The molecule has 1 aromatic carbocycles. The molecule has 0 N–H and O–H groups in total. The van der Waals surface area contributed by atoms with Crippen LogP contribution in [0.3, 0.4) is 0 Å². The number of anilines is 1. The van der Waals surface area contributed by atoms with Crippen LogP contribution in [0.5, 0.6) is 0 Å². The highest BCUT2D eigenvalue weighted by Crippen LogP contribution is 2.31. The van der Waals surface area contributed by atoms with Crippen molar-refractivity contribution in [3.8, 4) is 0 Å². The number of hydrogen-bond donors (Lipinski definition) is 0. The van der Waals surface area contributed by atoms with Gasteiger partial charge in [0.05, 0.1) is 5.52 Å². The summed E-state index contributed by atoms with van der Waals surface area (Å²) in [6, 6.07) is 10.5. The number of para-hydroxylation sites is 1. The Morgan fingerprint density at radius 3 is 2.94 bits per heavy atom. The number of hydrogen-bond acceptors (Lipinski definition) is 2. The molecular formula is C15H17BrN2. The van der Waals surface area contributed by atoms with E-state index in [1.807, 2.05) is 12.3 Å². The Hall–Kier alpha value is -1.09. The summed E-state index contributed by atoms with van der Waals surface area (Å²) in [6.07, 6.45) is 3.16. The van der Waals surface area contributed by atoms with Gasteiger partial charge in [-0.15, -0.1) is 0 Å². The first-order valence-electron chi connectivity index (χ1n) is 6.48. The first-order chi connectivity index (χ1) is 8.75. The monoisotopic (exact) mass is 304 g/mol. The zero-order valence-electron chi connectivity index (χ0n) is 10.5. The second kappa shape index (κ2) is 4.88. The van der Waals surface area contributed by atoms with E-state index in [0.717, 1.165) is 24.5 Å². The number of aromatic nitrogens is 1. The standard InChI is InChI=1S/C15H17BrN2/c1-11-7-9-18(10-13(11)16)15-6-8-17-14-5-3-2-4-12(14)15/h2-6,8,11,13H,7,9-10H2,1H3. The van der Waals surface area contributed by atoms with E-state index in [0.29, 0.717) is 4.83 Å². The van der Waals surface area contributed by atoms with E-state index < -0.39 is 0 Å². The van der Waals surface area contributed by atoms with Crippen LogP contribution in [0.1, 0.15) is 13.3 Å². The maximum atomic E-state index is 4.43. The summed E-state index contributed by atoms with van der Waals surface area (Å²) in [4.78, 5) is 7.49. The molecule has 0 amide bonds. The molecule has 0 spiro atoms. The molecule has 2 aromatic rings. The van der Waals surface area contributed by atoms with E-state index in [1.54, 1.807) is 0 Å². The number of pyridine rings is 1. The molecule has 1 fully saturated rings. The number of benzene rings is 1. The van der Waals surface area contributed by atoms with Gasteiger partial charge >= 0.3 is 0 Å². The highest BCUT2D eigenvalue weighted by molar-refractivity contribution is 9.09. The van der Waals surface area contributed by atoms with Crippen LogP contribution in [0.15, 0.2) is 36.5 Å². The molecule has 2 unspecified atom stereocenters. The number of rotatable bonds is 1. The van der Waals surface area contributed by atoms with Crippen LogP contribution < -0.4 is 4.90 Å². The zero-order chi connectivity index (χ0) is 12.5. The van der Waals surface area contributed by atoms with Crippen LogP contribution in [-0.4, -0.2) is 22.9 Å². The summed E-state index contributed by atoms with van der Waals surface area (Å²) >= 11 is 3.80. The number of fused-ring (bicyclic) bond motifs is 1. The van der Waals surface area contributed by atoms with Gasteiger partial charge in [0.1, 0.15) is 0 Å². The number of nitrogens with zero attached hydrogens (tertiary/aromatic N) is 2. The van der Waals surface area contributed by atoms with Crippen LogP contribution in [0.4, 0.5) is 5.69 Å². The summed E-state index contributed by atoms with van der Waals surface area (Å²) in [5, 5.41) is 1.26. The van der Waals surface area contributed by atoms with Crippen molar-refractivity contribution in [2.45, 2.75) is 18.2 Å². The van der Waals surface area contributed by atoms with E-state index in [-0.39, 0.29) is 0 Å². The van der Waals surface area contributed by atoms with Crippen molar-refractivity contribution in [2.24, 2.45) is 5.92 Å². The van der Waals surface area contributed by atoms with Crippen molar-refractivity contribution in [2.75, 3.05) is 18.0 Å². The molecule has 1 saturated heterocycles. The molecule has 2 nitrogen and oxygen atoms in total. The predicted octanol–water partition coefficient (Wildman–Crippen LogP) is 3.84. The fraction of sp³-hybridized carbons (Fsp3) is 0.400. The Labute approximate surface area is 116 Å². The SMILES string of the molecule is CC1CCN(c2ccnc3ccccc23)CC1Br. The van der Waals surface area contributed by atoms with Crippen molar-refractivity contribution >= 4 is 32.5 Å². The van der Waals surface area contributed by atoms with Crippen LogP contribution in [0, 0.1) is 5.92 Å². The minimum Gasteiger partial charge on any atom is -0.370 e. The second-order valence-corrected chi connectivity index (χ2v) is 6.25. The van der Waals surface area contributed by atoms with E-state index >= 15 is 0 Å². The van der Waals surface area contributed by atoms with Gasteiger partial charge in [-0.1, -0.05) is 41.1 Å². The third-order valence-electron chi connectivity index (χ3n) is 3.83. The summed E-state index contributed by atoms with van der Waals surface area (Å²) in [5.74, 6) is 0.759. The molecule has 0 saturated carbocycles. The third kappa shape index (κ3) is 2.12. The van der Waals surface area contributed by atoms with Gasteiger partial charge < -0.3 is 4.90 Å². The van der Waals surface area contributed by atoms with E-state index in [2.05, 4.69) is 57.0 Å². The molecule has 18 heavy (non-hydrogen) atoms. The molecule has 3 heteroatoms. The van der Waals surface area contributed by atoms with Gasteiger partial charge in [-0.3, -0.25) is 4.98 Å². The molecule has 2 atom stereocenters. The molecule has 0 radical (unpaired) electrons. The highest BCUT2D eigenvalue weighted by atomic mass is 79.9. The number of alkyl halides is 1. The van der Waals surface area contributed by atoms with Crippen molar-refractivity contribution in [3.63, 3.8) is 0 Å². The minimum atomic E-state index is 0.582. The maximum absolute atomic E-state index is 4.43. The van der Waals surface area contributed by atoms with E-state index in [4.69, 9.17) is 0 Å². The summed E-state index contributed by atoms with van der Waals surface area (Å²) < 4.78 is 0. The van der Waals surface area contributed by atoms with Crippen LogP contribution in [0.2, 0.25) is 0 Å². The quantitative estimate of drug-likeness (QED) is 0.744. The van der Waals surface area contributed by atoms with Gasteiger partial charge in [-0.05, 0) is 24.5 Å². The van der Waals surface area contributed by atoms with Crippen molar-refractivity contribution < 1.29 is 0 Å². The molecule has 94 valence electrons. The summed E-state index contributed by atoms with van der Waals surface area (Å²) in [5.41, 5.74) is 2.40. The largest absolute Gasteiger partial charge is 0.370 e. The lowest BCUT2D eigenvalue weighted by molar-refractivity contribution is 0.457. The average molecular weight is 305 g/mol. The van der Waals surface area contributed by atoms with Crippen molar-refractivity contribution in [1.29, 1.82) is 0 Å². The predicted molar refractivity (Wildman–Crippen MR) is 80.5 cm³/mol. The molecule has 2 heterocycles. The Kier molecular flexibility index (Phi) is 3.25. The first-order valence-corrected chi connectivity index (χ1v) is 7.40.